The Labute approximate surface area is 112 Å². The molecular weight excluding hydrogens is 307 g/mol. The SMILES string of the molecule is CC(C)c1[nH]nc(-c2cc(F)cc(Cl)c2)c1Br. The Hall–Kier alpha value is -0.870. The number of nitrogens with zero attached hydrogens (tertiary/aromatic N) is 1. The molecule has 0 aliphatic carbocycles. The van der Waals surface area contributed by atoms with Crippen molar-refractivity contribution in [1.29, 1.82) is 0 Å². The van der Waals surface area contributed by atoms with E-state index >= 15 is 0 Å². The van der Waals surface area contributed by atoms with Crippen molar-refractivity contribution in [3.63, 3.8) is 0 Å². The molecule has 1 aromatic heterocycles. The van der Waals surface area contributed by atoms with Gasteiger partial charge in [0.15, 0.2) is 0 Å². The topological polar surface area (TPSA) is 28.7 Å². The molecule has 0 unspecified atom stereocenters. The number of aromatic nitrogens is 2. The molecule has 1 aromatic carbocycles. The molecule has 0 amide bonds. The third-order valence-corrected chi connectivity index (χ3v) is 3.47. The first-order chi connectivity index (χ1) is 7.99. The number of rotatable bonds is 2. The minimum absolute atomic E-state index is 0.314. The normalized spacial score (nSPS) is 11.2. The number of benzene rings is 1. The van der Waals surface area contributed by atoms with Crippen LogP contribution in [0.15, 0.2) is 22.7 Å². The maximum Gasteiger partial charge on any atom is 0.125 e. The van der Waals surface area contributed by atoms with Gasteiger partial charge in [-0.15, -0.1) is 0 Å². The van der Waals surface area contributed by atoms with Gasteiger partial charge in [-0.05, 0) is 40.0 Å². The molecule has 17 heavy (non-hydrogen) atoms. The second-order valence-electron chi connectivity index (χ2n) is 4.11. The zero-order valence-electron chi connectivity index (χ0n) is 9.39. The van der Waals surface area contributed by atoms with Gasteiger partial charge in [-0.1, -0.05) is 25.4 Å². The smallest absolute Gasteiger partial charge is 0.125 e. The second-order valence-corrected chi connectivity index (χ2v) is 5.34. The van der Waals surface area contributed by atoms with Crippen molar-refractivity contribution in [3.05, 3.63) is 39.2 Å². The van der Waals surface area contributed by atoms with Crippen molar-refractivity contribution in [2.45, 2.75) is 19.8 Å². The van der Waals surface area contributed by atoms with E-state index in [1.54, 1.807) is 6.07 Å². The number of H-pyrrole nitrogens is 1. The summed E-state index contributed by atoms with van der Waals surface area (Å²) in [4.78, 5) is 0. The van der Waals surface area contributed by atoms with E-state index in [9.17, 15) is 4.39 Å². The molecule has 2 nitrogen and oxygen atoms in total. The van der Waals surface area contributed by atoms with Crippen LogP contribution in [0.25, 0.3) is 11.3 Å². The number of aromatic amines is 1. The first-order valence-corrected chi connectivity index (χ1v) is 6.36. The highest BCUT2D eigenvalue weighted by atomic mass is 79.9. The minimum atomic E-state index is -0.367. The van der Waals surface area contributed by atoms with Gasteiger partial charge in [0.25, 0.3) is 0 Å². The summed E-state index contributed by atoms with van der Waals surface area (Å²) in [7, 11) is 0. The molecule has 1 N–H and O–H groups in total. The van der Waals surface area contributed by atoms with Crippen LogP contribution in [-0.4, -0.2) is 10.2 Å². The van der Waals surface area contributed by atoms with Crippen LogP contribution < -0.4 is 0 Å². The Bertz CT molecular complexity index is 531. The molecular formula is C12H11BrClFN2. The number of hydrogen-bond donors (Lipinski definition) is 1. The molecule has 0 aliphatic rings. The summed E-state index contributed by atoms with van der Waals surface area (Å²) in [6, 6.07) is 4.38. The lowest BCUT2D eigenvalue weighted by atomic mass is 10.1. The van der Waals surface area contributed by atoms with Crippen LogP contribution in [0.5, 0.6) is 0 Å². The zero-order valence-corrected chi connectivity index (χ0v) is 11.7. The summed E-state index contributed by atoms with van der Waals surface area (Å²) in [5.41, 5.74) is 2.32. The fourth-order valence-corrected chi connectivity index (χ4v) is 2.69. The summed E-state index contributed by atoms with van der Waals surface area (Å²) < 4.78 is 14.1. The van der Waals surface area contributed by atoms with Crippen molar-refractivity contribution in [2.75, 3.05) is 0 Å². The van der Waals surface area contributed by atoms with E-state index in [0.29, 0.717) is 22.2 Å². The van der Waals surface area contributed by atoms with Crippen LogP contribution in [0.3, 0.4) is 0 Å². The summed E-state index contributed by atoms with van der Waals surface area (Å²) >= 11 is 9.31. The molecule has 0 saturated heterocycles. The van der Waals surface area contributed by atoms with E-state index in [2.05, 4.69) is 40.0 Å². The van der Waals surface area contributed by atoms with E-state index in [1.807, 2.05) is 0 Å². The van der Waals surface area contributed by atoms with Gasteiger partial charge in [0.1, 0.15) is 11.5 Å². The molecule has 0 saturated carbocycles. The quantitative estimate of drug-likeness (QED) is 0.850. The Morgan fingerprint density at radius 3 is 2.59 bits per heavy atom. The van der Waals surface area contributed by atoms with Gasteiger partial charge in [-0.25, -0.2) is 4.39 Å². The van der Waals surface area contributed by atoms with Crippen LogP contribution in [0, 0.1) is 5.82 Å². The third-order valence-electron chi connectivity index (χ3n) is 2.45. The van der Waals surface area contributed by atoms with Crippen molar-refractivity contribution in [2.24, 2.45) is 0 Å². The maximum absolute atomic E-state index is 13.3. The molecule has 2 rings (SSSR count). The van der Waals surface area contributed by atoms with Gasteiger partial charge in [0.05, 0.1) is 10.2 Å². The molecule has 0 radical (unpaired) electrons. The molecule has 0 bridgehead atoms. The summed E-state index contributed by atoms with van der Waals surface area (Å²) in [5, 5.41) is 7.50. The Kier molecular flexibility index (Phi) is 3.54. The fourth-order valence-electron chi connectivity index (χ4n) is 1.61. The summed E-state index contributed by atoms with van der Waals surface area (Å²) in [6.07, 6.45) is 0. The largest absolute Gasteiger partial charge is 0.281 e. The van der Waals surface area contributed by atoms with Crippen molar-refractivity contribution in [3.8, 4) is 11.3 Å². The average molecular weight is 318 g/mol. The highest BCUT2D eigenvalue weighted by Crippen LogP contribution is 2.33. The third kappa shape index (κ3) is 2.53. The lowest BCUT2D eigenvalue weighted by molar-refractivity contribution is 0.628. The molecule has 90 valence electrons. The summed E-state index contributed by atoms with van der Waals surface area (Å²) in [6.45, 7) is 4.11. The van der Waals surface area contributed by atoms with Crippen LogP contribution in [0.2, 0.25) is 5.02 Å². The fraction of sp³-hybridized carbons (Fsp3) is 0.250. The van der Waals surface area contributed by atoms with Gasteiger partial charge in [-0.2, -0.15) is 5.10 Å². The van der Waals surface area contributed by atoms with Crippen LogP contribution in [0.1, 0.15) is 25.5 Å². The van der Waals surface area contributed by atoms with E-state index in [1.165, 1.54) is 12.1 Å². The predicted octanol–water partition coefficient (Wildman–Crippen LogP) is 4.76. The predicted molar refractivity (Wildman–Crippen MR) is 70.8 cm³/mol. The molecule has 0 atom stereocenters. The second kappa shape index (κ2) is 4.78. The van der Waals surface area contributed by atoms with Crippen molar-refractivity contribution >= 4 is 27.5 Å². The van der Waals surface area contributed by atoms with Crippen LogP contribution in [-0.2, 0) is 0 Å². The highest BCUT2D eigenvalue weighted by Gasteiger charge is 2.15. The molecule has 0 aliphatic heterocycles. The lowest BCUT2D eigenvalue weighted by Crippen LogP contribution is -1.87. The van der Waals surface area contributed by atoms with Crippen LogP contribution in [0.4, 0.5) is 4.39 Å². The first-order valence-electron chi connectivity index (χ1n) is 5.19. The first kappa shape index (κ1) is 12.6. The molecule has 0 spiro atoms. The lowest BCUT2D eigenvalue weighted by Gasteiger charge is -2.02. The Morgan fingerprint density at radius 2 is 2.06 bits per heavy atom. The van der Waals surface area contributed by atoms with E-state index in [-0.39, 0.29) is 5.82 Å². The Morgan fingerprint density at radius 1 is 1.35 bits per heavy atom. The molecule has 1 heterocycles. The maximum atomic E-state index is 13.3. The monoisotopic (exact) mass is 316 g/mol. The number of hydrogen-bond acceptors (Lipinski definition) is 1. The van der Waals surface area contributed by atoms with Crippen LogP contribution >= 0.6 is 27.5 Å². The van der Waals surface area contributed by atoms with Crippen molar-refractivity contribution < 1.29 is 4.39 Å². The van der Waals surface area contributed by atoms with E-state index in [4.69, 9.17) is 11.6 Å². The van der Waals surface area contributed by atoms with E-state index in [0.717, 1.165) is 10.2 Å². The number of nitrogens with one attached hydrogen (secondary N) is 1. The zero-order chi connectivity index (χ0) is 12.6. The van der Waals surface area contributed by atoms with Gasteiger partial charge in [-0.3, -0.25) is 5.10 Å². The highest BCUT2D eigenvalue weighted by molar-refractivity contribution is 9.10. The van der Waals surface area contributed by atoms with Gasteiger partial charge in [0.2, 0.25) is 0 Å². The van der Waals surface area contributed by atoms with Gasteiger partial charge < -0.3 is 0 Å². The average Bonchev–Trinajstić information content (AvgIpc) is 2.58. The molecule has 2 aromatic rings. The van der Waals surface area contributed by atoms with E-state index < -0.39 is 0 Å². The van der Waals surface area contributed by atoms with Crippen molar-refractivity contribution in [1.82, 2.24) is 10.2 Å². The minimum Gasteiger partial charge on any atom is -0.281 e. The van der Waals surface area contributed by atoms with Gasteiger partial charge in [0, 0.05) is 10.6 Å². The summed E-state index contributed by atoms with van der Waals surface area (Å²) in [5.74, 6) is -0.0526. The molecule has 5 heteroatoms. The Balaban J connectivity index is 2.53. The number of halogens is 3. The molecule has 0 fully saturated rings. The standard InChI is InChI=1S/C12H11BrClFN2/c1-6(2)11-10(13)12(17-16-11)7-3-8(14)5-9(15)4-7/h3-6H,1-2H3,(H,16,17). The van der Waals surface area contributed by atoms with Gasteiger partial charge >= 0.3 is 0 Å².